The highest BCUT2D eigenvalue weighted by atomic mass is 16.5. The van der Waals surface area contributed by atoms with Crippen molar-refractivity contribution in [2.45, 2.75) is 33.8 Å². The number of phenolic OH excluding ortho intramolecular Hbond substituents is 1. The van der Waals surface area contributed by atoms with E-state index in [2.05, 4.69) is 13.0 Å². The van der Waals surface area contributed by atoms with Crippen LogP contribution >= 0.6 is 0 Å². The molecule has 1 N–H and O–H groups in total. The zero-order valence-corrected chi connectivity index (χ0v) is 9.35. The topological polar surface area (TPSA) is 29.5 Å². The third kappa shape index (κ3) is 1.90. The highest BCUT2D eigenvalue weighted by Crippen LogP contribution is 2.29. The van der Waals surface area contributed by atoms with E-state index in [1.807, 2.05) is 13.8 Å². The van der Waals surface area contributed by atoms with Gasteiger partial charge in [0.1, 0.15) is 5.75 Å². The Bertz CT molecular complexity index is 330. The van der Waals surface area contributed by atoms with Crippen LogP contribution < -0.4 is 0 Å². The Morgan fingerprint density at radius 1 is 1.36 bits per heavy atom. The van der Waals surface area contributed by atoms with Gasteiger partial charge >= 0.3 is 0 Å². The van der Waals surface area contributed by atoms with Gasteiger partial charge in [0.15, 0.2) is 0 Å². The molecule has 0 fully saturated rings. The monoisotopic (exact) mass is 194 g/mol. The van der Waals surface area contributed by atoms with E-state index >= 15 is 0 Å². The summed E-state index contributed by atoms with van der Waals surface area (Å²) in [5, 5.41) is 9.93. The number of hydrogen-bond acceptors (Lipinski definition) is 2. The molecule has 0 atom stereocenters. The normalized spacial score (nSPS) is 10.6. The molecule has 1 aromatic carbocycles. The molecule has 78 valence electrons. The smallest absolute Gasteiger partial charge is 0.122 e. The Hall–Kier alpha value is -1.02. The largest absolute Gasteiger partial charge is 0.507 e. The number of phenols is 1. The van der Waals surface area contributed by atoms with Crippen molar-refractivity contribution < 1.29 is 9.84 Å². The number of benzene rings is 1. The molecule has 0 saturated carbocycles. The molecule has 0 heterocycles. The van der Waals surface area contributed by atoms with Crippen molar-refractivity contribution >= 4 is 0 Å². The minimum atomic E-state index is 0.430. The van der Waals surface area contributed by atoms with Crippen molar-refractivity contribution in [3.8, 4) is 5.75 Å². The molecule has 0 bridgehead atoms. The summed E-state index contributed by atoms with van der Waals surface area (Å²) in [6.45, 7) is 6.57. The van der Waals surface area contributed by atoms with Gasteiger partial charge in [0, 0.05) is 7.11 Å². The van der Waals surface area contributed by atoms with Crippen LogP contribution in [0.3, 0.4) is 0 Å². The second-order valence-electron chi connectivity index (χ2n) is 3.59. The zero-order chi connectivity index (χ0) is 10.7. The first-order valence-corrected chi connectivity index (χ1v) is 4.91. The van der Waals surface area contributed by atoms with Crippen molar-refractivity contribution in [2.24, 2.45) is 0 Å². The predicted molar refractivity (Wildman–Crippen MR) is 57.7 cm³/mol. The fraction of sp³-hybridized carbons (Fsp3) is 0.500. The summed E-state index contributed by atoms with van der Waals surface area (Å²) in [4.78, 5) is 0. The maximum atomic E-state index is 9.93. The van der Waals surface area contributed by atoms with E-state index in [1.165, 1.54) is 0 Å². The molecule has 14 heavy (non-hydrogen) atoms. The minimum absolute atomic E-state index is 0.430. The Kier molecular flexibility index (Phi) is 3.53. The van der Waals surface area contributed by atoms with Crippen LogP contribution in [0.25, 0.3) is 0 Å². The van der Waals surface area contributed by atoms with Crippen LogP contribution in [0, 0.1) is 13.8 Å². The summed E-state index contributed by atoms with van der Waals surface area (Å²) in [5.74, 6) is 0.430. The summed E-state index contributed by atoms with van der Waals surface area (Å²) in [6, 6.07) is 2.09. The van der Waals surface area contributed by atoms with Gasteiger partial charge in [-0.05, 0) is 42.5 Å². The Balaban J connectivity index is 3.25. The molecule has 0 aliphatic carbocycles. The van der Waals surface area contributed by atoms with Crippen LogP contribution in [0.5, 0.6) is 5.75 Å². The van der Waals surface area contributed by atoms with Gasteiger partial charge in [-0.1, -0.05) is 13.0 Å². The fourth-order valence-corrected chi connectivity index (χ4v) is 1.77. The van der Waals surface area contributed by atoms with Gasteiger partial charge in [0.25, 0.3) is 0 Å². The van der Waals surface area contributed by atoms with Gasteiger partial charge in [-0.2, -0.15) is 0 Å². The first-order chi connectivity index (χ1) is 6.61. The van der Waals surface area contributed by atoms with Gasteiger partial charge < -0.3 is 9.84 Å². The summed E-state index contributed by atoms with van der Waals surface area (Å²) in [5.41, 5.74) is 4.19. The van der Waals surface area contributed by atoms with Crippen LogP contribution in [-0.2, 0) is 17.8 Å². The lowest BCUT2D eigenvalue weighted by Gasteiger charge is -2.13. The van der Waals surface area contributed by atoms with E-state index in [0.717, 1.165) is 28.7 Å². The maximum Gasteiger partial charge on any atom is 0.122 e. The van der Waals surface area contributed by atoms with Gasteiger partial charge in [-0.15, -0.1) is 0 Å². The maximum absolute atomic E-state index is 9.93. The number of methoxy groups -OCH3 is 1. The molecular weight excluding hydrogens is 176 g/mol. The lowest BCUT2D eigenvalue weighted by Crippen LogP contribution is -1.98. The zero-order valence-electron chi connectivity index (χ0n) is 9.35. The summed E-state index contributed by atoms with van der Waals surface area (Å²) in [7, 11) is 1.67. The molecule has 0 radical (unpaired) electrons. The predicted octanol–water partition coefficient (Wildman–Crippen LogP) is 2.72. The third-order valence-electron chi connectivity index (χ3n) is 2.64. The van der Waals surface area contributed by atoms with E-state index < -0.39 is 0 Å². The second-order valence-corrected chi connectivity index (χ2v) is 3.59. The molecule has 0 aliphatic heterocycles. The molecule has 1 rings (SSSR count). The van der Waals surface area contributed by atoms with Crippen molar-refractivity contribution in [3.05, 3.63) is 28.3 Å². The number of ether oxygens (including phenoxy) is 1. The molecule has 0 amide bonds. The average Bonchev–Trinajstić information content (AvgIpc) is 2.15. The van der Waals surface area contributed by atoms with Crippen molar-refractivity contribution in [1.29, 1.82) is 0 Å². The van der Waals surface area contributed by atoms with Gasteiger partial charge in [-0.3, -0.25) is 0 Å². The second kappa shape index (κ2) is 4.47. The van der Waals surface area contributed by atoms with E-state index in [1.54, 1.807) is 7.11 Å². The SMILES string of the molecule is CCc1c(C)cc(COC)c(C)c1O. The Morgan fingerprint density at radius 3 is 2.50 bits per heavy atom. The molecule has 2 nitrogen and oxygen atoms in total. The molecule has 0 saturated heterocycles. The minimum Gasteiger partial charge on any atom is -0.507 e. The lowest BCUT2D eigenvalue weighted by atomic mass is 9.97. The van der Waals surface area contributed by atoms with E-state index in [9.17, 15) is 5.11 Å². The van der Waals surface area contributed by atoms with Crippen molar-refractivity contribution in [1.82, 2.24) is 0 Å². The lowest BCUT2D eigenvalue weighted by molar-refractivity contribution is 0.184. The van der Waals surface area contributed by atoms with Gasteiger partial charge in [-0.25, -0.2) is 0 Å². The third-order valence-corrected chi connectivity index (χ3v) is 2.64. The van der Waals surface area contributed by atoms with E-state index in [4.69, 9.17) is 4.74 Å². The van der Waals surface area contributed by atoms with Crippen LogP contribution in [0.4, 0.5) is 0 Å². The molecule has 0 aromatic heterocycles. The van der Waals surface area contributed by atoms with Crippen LogP contribution in [0.1, 0.15) is 29.2 Å². The first-order valence-electron chi connectivity index (χ1n) is 4.91. The van der Waals surface area contributed by atoms with Crippen LogP contribution in [0.15, 0.2) is 6.07 Å². The molecule has 0 aliphatic rings. The fourth-order valence-electron chi connectivity index (χ4n) is 1.77. The van der Waals surface area contributed by atoms with E-state index in [0.29, 0.717) is 12.4 Å². The van der Waals surface area contributed by atoms with E-state index in [-0.39, 0.29) is 0 Å². The summed E-state index contributed by atoms with van der Waals surface area (Å²) in [6.07, 6.45) is 0.867. The van der Waals surface area contributed by atoms with Crippen LogP contribution in [0.2, 0.25) is 0 Å². The van der Waals surface area contributed by atoms with Crippen molar-refractivity contribution in [2.75, 3.05) is 7.11 Å². The molecular formula is C12H18O2. The molecule has 0 unspecified atom stereocenters. The summed E-state index contributed by atoms with van der Waals surface area (Å²) < 4.78 is 5.08. The number of hydrogen-bond donors (Lipinski definition) is 1. The highest BCUT2D eigenvalue weighted by Gasteiger charge is 2.10. The highest BCUT2D eigenvalue weighted by molar-refractivity contribution is 5.48. The Morgan fingerprint density at radius 2 is 2.00 bits per heavy atom. The quantitative estimate of drug-likeness (QED) is 0.801. The average molecular weight is 194 g/mol. The summed E-state index contributed by atoms with van der Waals surface area (Å²) >= 11 is 0. The molecule has 2 heteroatoms. The standard InChI is InChI=1S/C12H18O2/c1-5-11-8(2)6-10(7-14-4)9(3)12(11)13/h6,13H,5,7H2,1-4H3. The van der Waals surface area contributed by atoms with Gasteiger partial charge in [0.2, 0.25) is 0 Å². The first kappa shape index (κ1) is 11.1. The van der Waals surface area contributed by atoms with Crippen LogP contribution in [-0.4, -0.2) is 12.2 Å². The number of rotatable bonds is 3. The number of aryl methyl sites for hydroxylation is 1. The number of aromatic hydroxyl groups is 1. The van der Waals surface area contributed by atoms with Gasteiger partial charge in [0.05, 0.1) is 6.61 Å². The molecule has 1 aromatic rings. The molecule has 0 spiro atoms. The Labute approximate surface area is 85.5 Å². The van der Waals surface area contributed by atoms with Crippen molar-refractivity contribution in [3.63, 3.8) is 0 Å².